The maximum Gasteiger partial charge on any atom is 0.266 e. The van der Waals surface area contributed by atoms with Crippen LogP contribution in [0.3, 0.4) is 0 Å². The van der Waals surface area contributed by atoms with Gasteiger partial charge in [0.2, 0.25) is 0 Å². The molecule has 4 nitrogen and oxygen atoms in total. The van der Waals surface area contributed by atoms with E-state index in [0.29, 0.717) is 10.1 Å². The summed E-state index contributed by atoms with van der Waals surface area (Å²) < 4.78 is 2.22. The highest BCUT2D eigenvalue weighted by Gasteiger charge is 2.15. The van der Waals surface area contributed by atoms with E-state index in [1.807, 2.05) is 36.4 Å². The molecular formula is C11H14IN3O. The van der Waals surface area contributed by atoms with Crippen molar-refractivity contribution >= 4 is 22.6 Å². The van der Waals surface area contributed by atoms with Gasteiger partial charge in [-0.2, -0.15) is 5.26 Å². The molecule has 0 fully saturated rings. The average molecular weight is 331 g/mol. The van der Waals surface area contributed by atoms with Gasteiger partial charge in [0.1, 0.15) is 0 Å². The molecule has 0 aliphatic carbocycles. The summed E-state index contributed by atoms with van der Waals surface area (Å²) in [5.41, 5.74) is -0.329. The summed E-state index contributed by atoms with van der Waals surface area (Å²) in [6.07, 6.45) is 4.69. The first kappa shape index (κ1) is 13.2. The molecule has 0 N–H and O–H groups in total. The highest BCUT2D eigenvalue weighted by atomic mass is 127. The third-order valence-corrected chi connectivity index (χ3v) is 3.10. The molecule has 5 heteroatoms. The fourth-order valence-electron chi connectivity index (χ4n) is 1.33. The monoisotopic (exact) mass is 331 g/mol. The molecule has 1 rings (SSSR count). The zero-order valence-electron chi connectivity index (χ0n) is 9.40. The second-order valence-electron chi connectivity index (χ2n) is 4.34. The maximum absolute atomic E-state index is 11.6. The van der Waals surface area contributed by atoms with E-state index >= 15 is 0 Å². The van der Waals surface area contributed by atoms with Gasteiger partial charge < -0.3 is 0 Å². The van der Waals surface area contributed by atoms with Crippen molar-refractivity contribution in [2.24, 2.45) is 5.41 Å². The fourth-order valence-corrected chi connectivity index (χ4v) is 1.80. The number of nitrogens with zero attached hydrogens (tertiary/aromatic N) is 3. The number of rotatable bonds is 4. The van der Waals surface area contributed by atoms with Crippen molar-refractivity contribution in [3.63, 3.8) is 0 Å². The molecular weight excluding hydrogens is 317 g/mol. The molecule has 0 aromatic carbocycles. The van der Waals surface area contributed by atoms with Crippen molar-refractivity contribution in [3.8, 4) is 6.07 Å². The minimum absolute atomic E-state index is 0.00892. The molecule has 86 valence electrons. The zero-order valence-corrected chi connectivity index (χ0v) is 11.6. The Bertz CT molecular complexity index is 459. The molecule has 0 saturated heterocycles. The van der Waals surface area contributed by atoms with Gasteiger partial charge in [-0.05, 0) is 49.3 Å². The summed E-state index contributed by atoms with van der Waals surface area (Å²) in [5.74, 6) is 0. The molecule has 1 aromatic rings. The van der Waals surface area contributed by atoms with E-state index in [9.17, 15) is 4.79 Å². The minimum Gasteiger partial charge on any atom is -0.298 e. The highest BCUT2D eigenvalue weighted by molar-refractivity contribution is 14.1. The Labute approximate surface area is 108 Å². The van der Waals surface area contributed by atoms with Crippen molar-refractivity contribution in [3.05, 3.63) is 26.4 Å². The van der Waals surface area contributed by atoms with Crippen molar-refractivity contribution in [2.45, 2.75) is 33.2 Å². The van der Waals surface area contributed by atoms with E-state index in [1.54, 1.807) is 17.1 Å². The van der Waals surface area contributed by atoms with Crippen molar-refractivity contribution in [1.82, 2.24) is 9.55 Å². The van der Waals surface area contributed by atoms with Gasteiger partial charge in [-0.25, -0.2) is 4.98 Å². The summed E-state index contributed by atoms with van der Waals surface area (Å²) >= 11 is 1.98. The standard InChI is InChI=1S/C11H14IN3O/c1-11(2,7-13)4-3-5-15-8-14-6-9(12)10(15)16/h6,8H,3-5H2,1-2H3. The van der Waals surface area contributed by atoms with Gasteiger partial charge in [-0.1, -0.05) is 0 Å². The molecule has 1 aromatic heterocycles. The lowest BCUT2D eigenvalue weighted by Crippen LogP contribution is -2.23. The smallest absolute Gasteiger partial charge is 0.266 e. The predicted octanol–water partition coefficient (Wildman–Crippen LogP) is 2.18. The number of aromatic nitrogens is 2. The SMILES string of the molecule is CC(C)(C#N)CCCn1cncc(I)c1=O. The van der Waals surface area contributed by atoms with E-state index in [2.05, 4.69) is 11.1 Å². The second kappa shape index (κ2) is 5.43. The van der Waals surface area contributed by atoms with Crippen LogP contribution in [0.15, 0.2) is 17.3 Å². The molecule has 0 amide bonds. The van der Waals surface area contributed by atoms with Gasteiger partial charge in [0.15, 0.2) is 0 Å². The molecule has 0 atom stereocenters. The Morgan fingerprint density at radius 1 is 1.62 bits per heavy atom. The minimum atomic E-state index is -0.320. The van der Waals surface area contributed by atoms with Crippen LogP contribution in [0.5, 0.6) is 0 Å². The lowest BCUT2D eigenvalue weighted by atomic mass is 9.90. The Balaban J connectivity index is 2.60. The summed E-state index contributed by atoms with van der Waals surface area (Å²) in [5, 5.41) is 8.86. The molecule has 0 aliphatic rings. The summed E-state index contributed by atoms with van der Waals surface area (Å²) in [6.45, 7) is 4.43. The topological polar surface area (TPSA) is 58.7 Å². The Kier molecular flexibility index (Phi) is 4.47. The Hall–Kier alpha value is -0.900. The van der Waals surface area contributed by atoms with E-state index < -0.39 is 0 Å². The summed E-state index contributed by atoms with van der Waals surface area (Å²) in [6, 6.07) is 2.25. The second-order valence-corrected chi connectivity index (χ2v) is 5.50. The van der Waals surface area contributed by atoms with Crippen LogP contribution in [0.1, 0.15) is 26.7 Å². The average Bonchev–Trinajstić information content (AvgIpc) is 2.24. The van der Waals surface area contributed by atoms with E-state index in [4.69, 9.17) is 5.26 Å². The van der Waals surface area contributed by atoms with Gasteiger partial charge in [0.05, 0.1) is 21.4 Å². The molecule has 1 heterocycles. The van der Waals surface area contributed by atoms with Crippen LogP contribution in [0.4, 0.5) is 0 Å². The number of hydrogen-bond acceptors (Lipinski definition) is 3. The van der Waals surface area contributed by atoms with Crippen molar-refractivity contribution in [1.29, 1.82) is 5.26 Å². The first-order valence-corrected chi connectivity index (χ1v) is 6.15. The summed E-state index contributed by atoms with van der Waals surface area (Å²) in [7, 11) is 0. The normalized spacial score (nSPS) is 11.1. The largest absolute Gasteiger partial charge is 0.298 e. The van der Waals surface area contributed by atoms with Crippen LogP contribution >= 0.6 is 22.6 Å². The Morgan fingerprint density at radius 3 is 2.94 bits per heavy atom. The molecule has 16 heavy (non-hydrogen) atoms. The van der Waals surface area contributed by atoms with E-state index in [1.165, 1.54) is 0 Å². The zero-order chi connectivity index (χ0) is 12.2. The van der Waals surface area contributed by atoms with Crippen LogP contribution in [0, 0.1) is 20.3 Å². The fraction of sp³-hybridized carbons (Fsp3) is 0.545. The molecule has 0 aliphatic heterocycles. The van der Waals surface area contributed by atoms with E-state index in [-0.39, 0.29) is 11.0 Å². The quantitative estimate of drug-likeness (QED) is 0.795. The third-order valence-electron chi connectivity index (χ3n) is 2.36. The van der Waals surface area contributed by atoms with E-state index in [0.717, 1.165) is 12.8 Å². The predicted molar refractivity (Wildman–Crippen MR) is 69.8 cm³/mol. The first-order valence-electron chi connectivity index (χ1n) is 5.07. The number of halogens is 1. The van der Waals surface area contributed by atoms with Gasteiger partial charge in [0.25, 0.3) is 5.56 Å². The number of hydrogen-bond donors (Lipinski definition) is 0. The molecule has 0 unspecified atom stereocenters. The van der Waals surface area contributed by atoms with Crippen LogP contribution in [-0.4, -0.2) is 9.55 Å². The molecule has 0 bridgehead atoms. The first-order chi connectivity index (χ1) is 7.46. The molecule has 0 spiro atoms. The lowest BCUT2D eigenvalue weighted by Gasteiger charge is -2.14. The van der Waals surface area contributed by atoms with Crippen LogP contribution in [-0.2, 0) is 6.54 Å². The summed E-state index contributed by atoms with van der Waals surface area (Å²) in [4.78, 5) is 15.6. The highest BCUT2D eigenvalue weighted by Crippen LogP contribution is 2.20. The third kappa shape index (κ3) is 3.59. The van der Waals surface area contributed by atoms with Gasteiger partial charge >= 0.3 is 0 Å². The number of nitriles is 1. The van der Waals surface area contributed by atoms with Gasteiger partial charge in [0, 0.05) is 12.7 Å². The number of aryl methyl sites for hydroxylation is 1. The molecule has 0 saturated carbocycles. The van der Waals surface area contributed by atoms with Crippen LogP contribution in [0.25, 0.3) is 0 Å². The van der Waals surface area contributed by atoms with Crippen LogP contribution in [0.2, 0.25) is 0 Å². The maximum atomic E-state index is 11.6. The van der Waals surface area contributed by atoms with Crippen LogP contribution < -0.4 is 5.56 Å². The van der Waals surface area contributed by atoms with Crippen molar-refractivity contribution in [2.75, 3.05) is 0 Å². The Morgan fingerprint density at radius 2 is 2.31 bits per heavy atom. The van der Waals surface area contributed by atoms with Gasteiger partial charge in [-0.15, -0.1) is 0 Å². The van der Waals surface area contributed by atoms with Crippen molar-refractivity contribution < 1.29 is 0 Å². The molecule has 0 radical (unpaired) electrons. The van der Waals surface area contributed by atoms with Gasteiger partial charge in [-0.3, -0.25) is 9.36 Å². The lowest BCUT2D eigenvalue weighted by molar-refractivity contribution is 0.412.